The van der Waals surface area contributed by atoms with Gasteiger partial charge in [-0.25, -0.2) is 4.98 Å². The Bertz CT molecular complexity index is 817. The van der Waals surface area contributed by atoms with E-state index >= 15 is 0 Å². The summed E-state index contributed by atoms with van der Waals surface area (Å²) >= 11 is 0. The Labute approximate surface area is 198 Å². The zero-order valence-corrected chi connectivity index (χ0v) is 20.9. The van der Waals surface area contributed by atoms with Crippen LogP contribution in [0.1, 0.15) is 29.5 Å². The largest absolute Gasteiger partial charge is 0.356 e. The number of hydrogen-bond donors (Lipinski definition) is 2. The number of rotatable bonds is 6. The van der Waals surface area contributed by atoms with Gasteiger partial charge in [0.05, 0.1) is 0 Å². The van der Waals surface area contributed by atoms with Gasteiger partial charge in [-0.2, -0.15) is 0 Å². The number of halogens is 1. The first-order valence-electron chi connectivity index (χ1n) is 10.5. The molecule has 6 nitrogen and oxygen atoms in total. The summed E-state index contributed by atoms with van der Waals surface area (Å²) < 4.78 is 0. The quantitative estimate of drug-likeness (QED) is 0.347. The maximum atomic E-state index is 4.66. The van der Waals surface area contributed by atoms with Gasteiger partial charge in [0, 0.05) is 58.1 Å². The minimum atomic E-state index is 0. The highest BCUT2D eigenvalue weighted by Crippen LogP contribution is 2.19. The molecule has 1 unspecified atom stereocenters. The first-order valence-corrected chi connectivity index (χ1v) is 10.5. The number of guanidine groups is 1. The van der Waals surface area contributed by atoms with E-state index in [4.69, 9.17) is 0 Å². The predicted octanol–water partition coefficient (Wildman–Crippen LogP) is 3.23. The van der Waals surface area contributed by atoms with Gasteiger partial charge in [-0.3, -0.25) is 4.99 Å². The van der Waals surface area contributed by atoms with Crippen LogP contribution in [0.3, 0.4) is 0 Å². The number of likely N-dealkylation sites (N-methyl/N-ethyl adjacent to an activating group) is 1. The monoisotopic (exact) mass is 522 g/mol. The molecule has 0 bridgehead atoms. The predicted molar refractivity (Wildman–Crippen MR) is 137 cm³/mol. The molecule has 30 heavy (non-hydrogen) atoms. The first kappa shape index (κ1) is 24.4. The minimum absolute atomic E-state index is 0. The Hall–Kier alpha value is -1.87. The van der Waals surface area contributed by atoms with Crippen LogP contribution in [-0.4, -0.2) is 62.7 Å². The van der Waals surface area contributed by atoms with Crippen molar-refractivity contribution < 1.29 is 0 Å². The van der Waals surface area contributed by atoms with Crippen LogP contribution in [0.5, 0.6) is 0 Å². The molecule has 2 N–H and O–H groups in total. The summed E-state index contributed by atoms with van der Waals surface area (Å²) in [6.07, 6.45) is 1.88. The SMILES string of the molecule is CN=C(NCc1cccnc1N1CCN(C)CC1)NCC(C)c1cccc(C)c1.I. The summed E-state index contributed by atoms with van der Waals surface area (Å²) in [6, 6.07) is 12.9. The van der Waals surface area contributed by atoms with Crippen LogP contribution in [0.15, 0.2) is 47.6 Å². The third kappa shape index (κ3) is 6.84. The van der Waals surface area contributed by atoms with Gasteiger partial charge in [-0.1, -0.05) is 42.8 Å². The summed E-state index contributed by atoms with van der Waals surface area (Å²) in [5, 5.41) is 6.91. The van der Waals surface area contributed by atoms with E-state index in [1.54, 1.807) is 0 Å². The van der Waals surface area contributed by atoms with Gasteiger partial charge < -0.3 is 20.4 Å². The summed E-state index contributed by atoms with van der Waals surface area (Å²) in [4.78, 5) is 13.8. The molecule has 0 spiro atoms. The molecule has 0 amide bonds. The Balaban J connectivity index is 0.00000320. The number of aliphatic imine (C=N–C) groups is 1. The van der Waals surface area contributed by atoms with Gasteiger partial charge in [0.1, 0.15) is 5.82 Å². The van der Waals surface area contributed by atoms with Crippen molar-refractivity contribution in [2.45, 2.75) is 26.3 Å². The second-order valence-corrected chi connectivity index (χ2v) is 7.90. The molecule has 0 saturated carbocycles. The maximum absolute atomic E-state index is 4.66. The summed E-state index contributed by atoms with van der Waals surface area (Å²) in [7, 11) is 3.99. The summed E-state index contributed by atoms with van der Waals surface area (Å²) in [6.45, 7) is 10.1. The highest BCUT2D eigenvalue weighted by atomic mass is 127. The molecule has 7 heteroatoms. The van der Waals surface area contributed by atoms with Crippen molar-refractivity contribution in [3.8, 4) is 0 Å². The van der Waals surface area contributed by atoms with Gasteiger partial charge in [0.2, 0.25) is 0 Å². The third-order valence-corrected chi connectivity index (χ3v) is 5.53. The van der Waals surface area contributed by atoms with Crippen molar-refractivity contribution in [3.63, 3.8) is 0 Å². The highest BCUT2D eigenvalue weighted by Gasteiger charge is 2.18. The minimum Gasteiger partial charge on any atom is -0.356 e. The molecular weight excluding hydrogens is 487 g/mol. The van der Waals surface area contributed by atoms with Gasteiger partial charge >= 0.3 is 0 Å². The van der Waals surface area contributed by atoms with E-state index in [2.05, 4.69) is 81.6 Å². The molecule has 2 aromatic rings. The van der Waals surface area contributed by atoms with E-state index in [-0.39, 0.29) is 24.0 Å². The Kier molecular flexibility index (Phi) is 9.84. The maximum Gasteiger partial charge on any atom is 0.191 e. The molecule has 0 aliphatic carbocycles. The van der Waals surface area contributed by atoms with Crippen LogP contribution in [0, 0.1) is 6.92 Å². The fourth-order valence-corrected chi connectivity index (χ4v) is 3.62. The fraction of sp³-hybridized carbons (Fsp3) is 0.478. The number of aryl methyl sites for hydroxylation is 1. The normalized spacial score (nSPS) is 16.0. The van der Waals surface area contributed by atoms with Crippen LogP contribution in [-0.2, 0) is 6.54 Å². The van der Waals surface area contributed by atoms with E-state index in [1.165, 1.54) is 16.7 Å². The molecule has 1 atom stereocenters. The topological polar surface area (TPSA) is 55.8 Å². The molecule has 1 aromatic carbocycles. The van der Waals surface area contributed by atoms with Gasteiger partial charge in [-0.15, -0.1) is 24.0 Å². The smallest absolute Gasteiger partial charge is 0.191 e. The molecule has 164 valence electrons. The van der Waals surface area contributed by atoms with Crippen LogP contribution in [0.25, 0.3) is 0 Å². The zero-order valence-electron chi connectivity index (χ0n) is 18.6. The highest BCUT2D eigenvalue weighted by molar-refractivity contribution is 14.0. The van der Waals surface area contributed by atoms with E-state index in [9.17, 15) is 0 Å². The molecule has 0 radical (unpaired) electrons. The molecule has 2 heterocycles. The number of benzene rings is 1. The number of hydrogen-bond acceptors (Lipinski definition) is 4. The second-order valence-electron chi connectivity index (χ2n) is 7.90. The number of nitrogens with one attached hydrogen (secondary N) is 2. The average molecular weight is 522 g/mol. The molecule has 1 aliphatic rings. The molecule has 1 aromatic heterocycles. The fourth-order valence-electron chi connectivity index (χ4n) is 3.62. The van der Waals surface area contributed by atoms with Crippen molar-refractivity contribution in [1.29, 1.82) is 0 Å². The summed E-state index contributed by atoms with van der Waals surface area (Å²) in [5.41, 5.74) is 3.84. The lowest BCUT2D eigenvalue weighted by Gasteiger charge is -2.34. The van der Waals surface area contributed by atoms with Crippen molar-refractivity contribution in [2.24, 2.45) is 4.99 Å². The molecule has 1 saturated heterocycles. The lowest BCUT2D eigenvalue weighted by molar-refractivity contribution is 0.312. The van der Waals surface area contributed by atoms with Crippen molar-refractivity contribution in [2.75, 3.05) is 51.7 Å². The van der Waals surface area contributed by atoms with Crippen LogP contribution in [0.4, 0.5) is 5.82 Å². The van der Waals surface area contributed by atoms with E-state index in [0.29, 0.717) is 12.5 Å². The summed E-state index contributed by atoms with van der Waals surface area (Å²) in [5.74, 6) is 2.31. The Morgan fingerprint density at radius 1 is 1.13 bits per heavy atom. The Morgan fingerprint density at radius 3 is 2.60 bits per heavy atom. The van der Waals surface area contributed by atoms with Gasteiger partial charge in [0.15, 0.2) is 5.96 Å². The molecule has 1 fully saturated rings. The van der Waals surface area contributed by atoms with Gasteiger partial charge in [0.25, 0.3) is 0 Å². The molecule has 3 rings (SSSR count). The standard InChI is InChI=1S/C23H34N6.HI/c1-18-7-5-8-20(15-18)19(2)16-26-23(24-3)27-17-21-9-6-10-25-22(21)29-13-11-28(4)12-14-29;/h5-10,15,19H,11-14,16-17H2,1-4H3,(H2,24,26,27);1H. The number of pyridine rings is 1. The van der Waals surface area contributed by atoms with Crippen molar-refractivity contribution in [1.82, 2.24) is 20.5 Å². The van der Waals surface area contributed by atoms with Crippen LogP contribution >= 0.6 is 24.0 Å². The van der Waals surface area contributed by atoms with E-state index in [0.717, 1.165) is 44.5 Å². The Morgan fingerprint density at radius 2 is 1.90 bits per heavy atom. The van der Waals surface area contributed by atoms with Crippen LogP contribution in [0.2, 0.25) is 0 Å². The number of nitrogens with zero attached hydrogens (tertiary/aromatic N) is 4. The number of aromatic nitrogens is 1. The number of piperazine rings is 1. The lowest BCUT2D eigenvalue weighted by atomic mass is 9.99. The second kappa shape index (κ2) is 12.1. The van der Waals surface area contributed by atoms with Crippen molar-refractivity contribution in [3.05, 3.63) is 59.3 Å². The average Bonchev–Trinajstić information content (AvgIpc) is 2.74. The van der Waals surface area contributed by atoms with Gasteiger partial charge in [-0.05, 0) is 31.5 Å². The lowest BCUT2D eigenvalue weighted by Crippen LogP contribution is -2.45. The number of anilines is 1. The molecule has 1 aliphatic heterocycles. The third-order valence-electron chi connectivity index (χ3n) is 5.53. The van der Waals surface area contributed by atoms with E-state index in [1.807, 2.05) is 19.3 Å². The van der Waals surface area contributed by atoms with Crippen molar-refractivity contribution >= 4 is 35.8 Å². The first-order chi connectivity index (χ1) is 14.1. The van der Waals surface area contributed by atoms with E-state index < -0.39 is 0 Å². The van der Waals surface area contributed by atoms with Crippen LogP contribution < -0.4 is 15.5 Å². The molecular formula is C23H35IN6. The zero-order chi connectivity index (χ0) is 20.6.